The summed E-state index contributed by atoms with van der Waals surface area (Å²) in [6, 6.07) is 115. The van der Waals surface area contributed by atoms with E-state index in [0.717, 1.165) is 73.2 Å². The first-order chi connectivity index (χ1) is 40.7. The molecule has 0 saturated carbocycles. The Hall–Kier alpha value is -10.7. The Morgan fingerprint density at radius 1 is 0.280 bits per heavy atom. The highest BCUT2D eigenvalue weighted by atomic mass is 16.5. The van der Waals surface area contributed by atoms with Crippen molar-refractivity contribution in [3.63, 3.8) is 0 Å². The summed E-state index contributed by atoms with van der Waals surface area (Å²) in [6.45, 7) is 0. The first-order valence-corrected chi connectivity index (χ1v) is 28.2. The minimum absolute atomic E-state index is 0.553. The summed E-state index contributed by atoms with van der Waals surface area (Å²) in [6.07, 6.45) is 0. The topological polar surface area (TPSA) is 17.4 Å². The van der Waals surface area contributed by atoms with E-state index in [2.05, 4.69) is 325 Å². The second-order valence-corrected chi connectivity index (χ2v) is 21.4. The molecule has 13 aromatic carbocycles. The van der Waals surface area contributed by atoms with E-state index in [0.29, 0.717) is 0 Å². The maximum Gasteiger partial charge on any atom is 0.132 e. The van der Waals surface area contributed by atoms with E-state index in [-0.39, 0.29) is 0 Å². The SMILES string of the molecule is c1ccc(-c2ccccc2-c2ccccc2-c2ccccc2N(c2ccc(-c3ccc4c(c3)C3(c5ccccc5Oc5ccccc53)c3ccccc3-4)cc2)c2ccc(-c3cccc4c3c3ccccc3n4-c3ccccc3)cc2)cc1. The highest BCUT2D eigenvalue weighted by Crippen LogP contribution is 2.62. The number of hydrogen-bond acceptors (Lipinski definition) is 2. The lowest BCUT2D eigenvalue weighted by Crippen LogP contribution is -2.32. The van der Waals surface area contributed by atoms with Crippen molar-refractivity contribution in [1.29, 1.82) is 0 Å². The monoisotopic (exact) mass is 1040 g/mol. The smallest absolute Gasteiger partial charge is 0.132 e. The molecular weight excluding hydrogens is 993 g/mol. The quantitative estimate of drug-likeness (QED) is 0.143. The van der Waals surface area contributed by atoms with Gasteiger partial charge < -0.3 is 14.2 Å². The maximum absolute atomic E-state index is 6.68. The summed E-state index contributed by atoms with van der Waals surface area (Å²) >= 11 is 0. The molecule has 384 valence electrons. The Labute approximate surface area is 477 Å². The molecule has 3 nitrogen and oxygen atoms in total. The van der Waals surface area contributed by atoms with Gasteiger partial charge in [0, 0.05) is 44.5 Å². The van der Waals surface area contributed by atoms with E-state index >= 15 is 0 Å². The zero-order chi connectivity index (χ0) is 54.1. The second-order valence-electron chi connectivity index (χ2n) is 21.4. The Morgan fingerprint density at radius 3 is 1.44 bits per heavy atom. The van der Waals surface area contributed by atoms with Crippen molar-refractivity contribution in [3.05, 3.63) is 338 Å². The van der Waals surface area contributed by atoms with Crippen LogP contribution in [0.15, 0.2) is 315 Å². The van der Waals surface area contributed by atoms with Crippen LogP contribution in [-0.2, 0) is 5.41 Å². The van der Waals surface area contributed by atoms with Gasteiger partial charge in [0.05, 0.1) is 22.1 Å². The summed E-state index contributed by atoms with van der Waals surface area (Å²) in [7, 11) is 0. The number of ether oxygens (including phenoxy) is 1. The van der Waals surface area contributed by atoms with Crippen molar-refractivity contribution < 1.29 is 4.74 Å². The van der Waals surface area contributed by atoms with Crippen molar-refractivity contribution in [1.82, 2.24) is 4.57 Å². The molecule has 1 spiro atoms. The van der Waals surface area contributed by atoms with Gasteiger partial charge in [0.25, 0.3) is 0 Å². The molecule has 14 aromatic rings. The number of para-hydroxylation sites is 5. The average Bonchev–Trinajstić information content (AvgIpc) is 1.89. The molecule has 0 atom stereocenters. The summed E-state index contributed by atoms with van der Waals surface area (Å²) in [5.74, 6) is 1.78. The summed E-state index contributed by atoms with van der Waals surface area (Å²) < 4.78 is 9.07. The largest absolute Gasteiger partial charge is 0.457 e. The van der Waals surface area contributed by atoms with Gasteiger partial charge in [-0.25, -0.2) is 0 Å². The molecule has 3 heteroatoms. The molecule has 2 heterocycles. The van der Waals surface area contributed by atoms with Gasteiger partial charge in [0.1, 0.15) is 11.5 Å². The predicted octanol–water partition coefficient (Wildman–Crippen LogP) is 21.1. The van der Waals surface area contributed by atoms with Gasteiger partial charge in [0.15, 0.2) is 0 Å². The molecule has 2 aliphatic rings. The molecule has 16 rings (SSSR count). The van der Waals surface area contributed by atoms with E-state index in [9.17, 15) is 0 Å². The number of hydrogen-bond donors (Lipinski definition) is 0. The Morgan fingerprint density at radius 2 is 0.744 bits per heavy atom. The molecule has 0 fully saturated rings. The fourth-order valence-corrected chi connectivity index (χ4v) is 13.6. The van der Waals surface area contributed by atoms with Crippen molar-refractivity contribution in [2.24, 2.45) is 0 Å². The van der Waals surface area contributed by atoms with Crippen molar-refractivity contribution >= 4 is 38.9 Å². The molecular formula is C79H52N2O. The number of fused-ring (bicyclic) bond motifs is 12. The molecule has 0 N–H and O–H groups in total. The van der Waals surface area contributed by atoms with E-state index < -0.39 is 5.41 Å². The van der Waals surface area contributed by atoms with Crippen molar-refractivity contribution in [3.8, 4) is 83.9 Å². The van der Waals surface area contributed by atoms with Crippen LogP contribution in [0, 0.1) is 0 Å². The number of rotatable bonds is 9. The predicted molar refractivity (Wildman–Crippen MR) is 340 cm³/mol. The van der Waals surface area contributed by atoms with Crippen LogP contribution in [0.3, 0.4) is 0 Å². The molecule has 1 aliphatic carbocycles. The molecule has 0 unspecified atom stereocenters. The molecule has 0 radical (unpaired) electrons. The summed E-state index contributed by atoms with van der Waals surface area (Å²) in [5, 5.41) is 2.47. The minimum Gasteiger partial charge on any atom is -0.457 e. The van der Waals surface area contributed by atoms with Gasteiger partial charge in [-0.05, 0) is 145 Å². The standard InChI is InChI=1S/C79H52N2O/c1-3-22-54(23-4-1)60-26-7-8-27-62(60)63-28-9-10-29-64(63)67-31-12-17-37-73(67)80(59-49-44-55(45-50-59)61-33-21-39-75-78(61)68-32-13-18-38-74(68)81(75)57-24-5-2-6-25-57)58-47-42-53(43-48-58)56-46-51-66-65-30-11-14-34-69(65)79(72(66)52-56)70-35-15-19-40-76(70)82-77-41-20-16-36-71(77)79/h1-52H. The first-order valence-electron chi connectivity index (χ1n) is 28.2. The maximum atomic E-state index is 6.68. The summed E-state index contributed by atoms with van der Waals surface area (Å²) in [4.78, 5) is 2.44. The lowest BCUT2D eigenvalue weighted by molar-refractivity contribution is 0.436. The number of benzene rings is 13. The zero-order valence-electron chi connectivity index (χ0n) is 44.8. The average molecular weight is 1050 g/mol. The highest BCUT2D eigenvalue weighted by molar-refractivity contribution is 6.16. The van der Waals surface area contributed by atoms with Crippen LogP contribution in [0.4, 0.5) is 17.1 Å². The second kappa shape index (κ2) is 19.3. The molecule has 0 bridgehead atoms. The van der Waals surface area contributed by atoms with E-state index in [1.807, 2.05) is 0 Å². The fourth-order valence-electron chi connectivity index (χ4n) is 13.6. The van der Waals surface area contributed by atoms with E-state index in [1.54, 1.807) is 0 Å². The summed E-state index contributed by atoms with van der Waals surface area (Å²) in [5.41, 5.74) is 25.2. The van der Waals surface area contributed by atoms with E-state index in [1.165, 1.54) is 71.9 Å². The molecule has 0 saturated heterocycles. The Balaban J connectivity index is 0.852. The zero-order valence-corrected chi connectivity index (χ0v) is 44.8. The minimum atomic E-state index is -0.553. The third-order valence-corrected chi connectivity index (χ3v) is 17.1. The number of anilines is 3. The number of aromatic nitrogens is 1. The molecule has 82 heavy (non-hydrogen) atoms. The fraction of sp³-hybridized carbons (Fsp3) is 0.0127. The number of nitrogens with zero attached hydrogens (tertiary/aromatic N) is 2. The van der Waals surface area contributed by atoms with Crippen LogP contribution in [0.25, 0.3) is 94.3 Å². The Bertz CT molecular complexity index is 4720. The van der Waals surface area contributed by atoms with Crippen molar-refractivity contribution in [2.45, 2.75) is 5.41 Å². The molecule has 0 amide bonds. The van der Waals surface area contributed by atoms with Gasteiger partial charge in [-0.15, -0.1) is 0 Å². The van der Waals surface area contributed by atoms with Crippen LogP contribution < -0.4 is 9.64 Å². The first kappa shape index (κ1) is 47.3. The van der Waals surface area contributed by atoms with Gasteiger partial charge in [-0.1, -0.05) is 243 Å². The van der Waals surface area contributed by atoms with Crippen molar-refractivity contribution in [2.75, 3.05) is 4.90 Å². The normalized spacial score (nSPS) is 12.6. The van der Waals surface area contributed by atoms with Gasteiger partial charge in [-0.2, -0.15) is 0 Å². The van der Waals surface area contributed by atoms with Crippen LogP contribution in [-0.4, -0.2) is 4.57 Å². The Kier molecular flexibility index (Phi) is 11.1. The molecule has 1 aromatic heterocycles. The van der Waals surface area contributed by atoms with Crippen LogP contribution in [0.2, 0.25) is 0 Å². The third-order valence-electron chi connectivity index (χ3n) is 17.1. The van der Waals surface area contributed by atoms with E-state index in [4.69, 9.17) is 4.74 Å². The van der Waals surface area contributed by atoms with Gasteiger partial charge >= 0.3 is 0 Å². The highest BCUT2D eigenvalue weighted by Gasteiger charge is 2.51. The van der Waals surface area contributed by atoms with Crippen LogP contribution in [0.1, 0.15) is 22.3 Å². The molecule has 1 aliphatic heterocycles. The third kappa shape index (κ3) is 7.37. The van der Waals surface area contributed by atoms with Crippen LogP contribution >= 0.6 is 0 Å². The van der Waals surface area contributed by atoms with Gasteiger partial charge in [-0.3, -0.25) is 0 Å². The lowest BCUT2D eigenvalue weighted by Gasteiger charge is -2.39. The van der Waals surface area contributed by atoms with Gasteiger partial charge in [0.2, 0.25) is 0 Å². The van der Waals surface area contributed by atoms with Crippen LogP contribution in [0.5, 0.6) is 11.5 Å². The lowest BCUT2D eigenvalue weighted by atomic mass is 9.66.